The number of rotatable bonds is 6. The van der Waals surface area contributed by atoms with Crippen molar-refractivity contribution >= 4 is 34.1 Å². The van der Waals surface area contributed by atoms with E-state index in [-0.39, 0.29) is 5.91 Å². The maximum absolute atomic E-state index is 13.3. The van der Waals surface area contributed by atoms with E-state index in [1.165, 1.54) is 0 Å². The van der Waals surface area contributed by atoms with Gasteiger partial charge in [-0.05, 0) is 54.1 Å². The quantitative estimate of drug-likeness (QED) is 0.285. The van der Waals surface area contributed by atoms with Gasteiger partial charge in [-0.15, -0.1) is 0 Å². The van der Waals surface area contributed by atoms with Gasteiger partial charge in [-0.2, -0.15) is 0 Å². The highest BCUT2D eigenvalue weighted by atomic mass is 35.5. The van der Waals surface area contributed by atoms with Gasteiger partial charge in [-0.3, -0.25) is 4.79 Å². The summed E-state index contributed by atoms with van der Waals surface area (Å²) >= 11 is 6.03. The number of amides is 1. The van der Waals surface area contributed by atoms with Crippen LogP contribution in [0.1, 0.15) is 15.9 Å². The lowest BCUT2D eigenvalue weighted by molar-refractivity contribution is 0.102. The number of ether oxygens (including phenoxy) is 1. The number of carbonyl (C=O) groups is 1. The number of hydrogen-bond acceptors (Lipinski definition) is 3. The molecule has 0 aliphatic heterocycles. The number of nitrogens with one attached hydrogen (secondary N) is 1. The summed E-state index contributed by atoms with van der Waals surface area (Å²) in [4.78, 5) is 18.0. The molecule has 166 valence electrons. The molecule has 34 heavy (non-hydrogen) atoms. The monoisotopic (exact) mass is 464 g/mol. The van der Waals surface area contributed by atoms with E-state index < -0.39 is 0 Å². The maximum atomic E-state index is 13.3. The smallest absolute Gasteiger partial charge is 0.256 e. The Kier molecular flexibility index (Phi) is 6.23. The summed E-state index contributed by atoms with van der Waals surface area (Å²) in [6, 6.07) is 34.2. The SMILES string of the molecule is O=C(Nc1ccc(OCc2ccccc2)cc1)c1cc(-c2ccc(Cl)cc2)nc2ccccc12. The Morgan fingerprint density at radius 3 is 2.29 bits per heavy atom. The largest absolute Gasteiger partial charge is 0.489 e. The number of pyridine rings is 1. The van der Waals surface area contributed by atoms with Gasteiger partial charge in [-0.1, -0.05) is 72.3 Å². The average molecular weight is 465 g/mol. The van der Waals surface area contributed by atoms with Gasteiger partial charge in [0.25, 0.3) is 5.91 Å². The molecule has 5 rings (SSSR count). The molecule has 0 aliphatic carbocycles. The highest BCUT2D eigenvalue weighted by Crippen LogP contribution is 2.27. The Bertz CT molecular complexity index is 1430. The first-order chi connectivity index (χ1) is 16.7. The summed E-state index contributed by atoms with van der Waals surface area (Å²) in [7, 11) is 0. The summed E-state index contributed by atoms with van der Waals surface area (Å²) in [6.07, 6.45) is 0. The molecule has 4 nitrogen and oxygen atoms in total. The van der Waals surface area contributed by atoms with Crippen LogP contribution in [0.5, 0.6) is 5.75 Å². The van der Waals surface area contributed by atoms with Crippen molar-refractivity contribution in [1.29, 1.82) is 0 Å². The fourth-order valence-electron chi connectivity index (χ4n) is 3.71. The van der Waals surface area contributed by atoms with E-state index >= 15 is 0 Å². The molecule has 5 heteroatoms. The number of anilines is 1. The Labute approximate surface area is 202 Å². The summed E-state index contributed by atoms with van der Waals surface area (Å²) in [5.41, 5.74) is 4.70. The topological polar surface area (TPSA) is 51.2 Å². The molecule has 0 radical (unpaired) electrons. The van der Waals surface area contributed by atoms with Crippen molar-refractivity contribution in [3.8, 4) is 17.0 Å². The second-order valence-corrected chi connectivity index (χ2v) is 8.27. The summed E-state index contributed by atoms with van der Waals surface area (Å²) < 4.78 is 5.84. The second-order valence-electron chi connectivity index (χ2n) is 7.83. The number of aromatic nitrogens is 1. The molecule has 0 spiro atoms. The van der Waals surface area contributed by atoms with E-state index in [9.17, 15) is 4.79 Å². The standard InChI is InChI=1S/C29H21ClN2O2/c30-22-12-10-21(11-13-22)28-18-26(25-8-4-5-9-27(25)32-28)29(33)31-23-14-16-24(17-15-23)34-19-20-6-2-1-3-7-20/h1-18H,19H2,(H,31,33). The molecule has 5 aromatic rings. The zero-order chi connectivity index (χ0) is 23.3. The fraction of sp³-hybridized carbons (Fsp3) is 0.0345. The van der Waals surface area contributed by atoms with E-state index in [1.54, 1.807) is 0 Å². The van der Waals surface area contributed by atoms with Gasteiger partial charge in [-0.25, -0.2) is 4.98 Å². The van der Waals surface area contributed by atoms with Crippen LogP contribution in [0.25, 0.3) is 22.2 Å². The Hall–Kier alpha value is -4.15. The Balaban J connectivity index is 1.37. The van der Waals surface area contributed by atoms with Crippen LogP contribution in [0.2, 0.25) is 5.02 Å². The molecule has 0 fully saturated rings. The molecule has 0 aliphatic rings. The van der Waals surface area contributed by atoms with Crippen molar-refractivity contribution in [1.82, 2.24) is 4.98 Å². The number of hydrogen-bond donors (Lipinski definition) is 1. The number of fused-ring (bicyclic) bond motifs is 1. The minimum absolute atomic E-state index is 0.202. The molecule has 0 unspecified atom stereocenters. The number of carbonyl (C=O) groups excluding carboxylic acids is 1. The lowest BCUT2D eigenvalue weighted by atomic mass is 10.0. The highest BCUT2D eigenvalue weighted by Gasteiger charge is 2.14. The predicted molar refractivity (Wildman–Crippen MR) is 137 cm³/mol. The summed E-state index contributed by atoms with van der Waals surface area (Å²) in [5.74, 6) is 0.535. The van der Waals surface area contributed by atoms with Crippen LogP contribution in [0.15, 0.2) is 109 Å². The molecule has 4 aromatic carbocycles. The van der Waals surface area contributed by atoms with Crippen LogP contribution in [0, 0.1) is 0 Å². The van der Waals surface area contributed by atoms with E-state index in [4.69, 9.17) is 21.3 Å². The summed E-state index contributed by atoms with van der Waals surface area (Å²) in [5, 5.41) is 4.44. The van der Waals surface area contributed by atoms with Crippen LogP contribution in [0.3, 0.4) is 0 Å². The third-order valence-corrected chi connectivity index (χ3v) is 5.71. The van der Waals surface area contributed by atoms with Crippen LogP contribution >= 0.6 is 11.6 Å². The first-order valence-corrected chi connectivity index (χ1v) is 11.3. The van der Waals surface area contributed by atoms with Crippen molar-refractivity contribution in [2.24, 2.45) is 0 Å². The van der Waals surface area contributed by atoms with E-state index in [1.807, 2.05) is 109 Å². The molecule has 1 aromatic heterocycles. The number of para-hydroxylation sites is 1. The Morgan fingerprint density at radius 2 is 1.53 bits per heavy atom. The molecular formula is C29H21ClN2O2. The average Bonchev–Trinajstić information content (AvgIpc) is 2.88. The third-order valence-electron chi connectivity index (χ3n) is 5.46. The van der Waals surface area contributed by atoms with Crippen LogP contribution in [-0.4, -0.2) is 10.9 Å². The van der Waals surface area contributed by atoms with Gasteiger partial charge in [0.2, 0.25) is 0 Å². The van der Waals surface area contributed by atoms with Gasteiger partial charge in [0, 0.05) is 21.7 Å². The lowest BCUT2D eigenvalue weighted by Crippen LogP contribution is -2.13. The molecule has 0 saturated heterocycles. The van der Waals surface area contributed by atoms with Crippen molar-refractivity contribution in [2.45, 2.75) is 6.61 Å². The normalized spacial score (nSPS) is 10.7. The van der Waals surface area contributed by atoms with Gasteiger partial charge in [0.1, 0.15) is 12.4 Å². The predicted octanol–water partition coefficient (Wildman–Crippen LogP) is 7.39. The molecule has 1 heterocycles. The Morgan fingerprint density at radius 1 is 0.824 bits per heavy atom. The van der Waals surface area contributed by atoms with Crippen molar-refractivity contribution in [2.75, 3.05) is 5.32 Å². The second kappa shape index (κ2) is 9.77. The van der Waals surface area contributed by atoms with E-state index in [2.05, 4.69) is 5.32 Å². The van der Waals surface area contributed by atoms with Crippen molar-refractivity contribution in [3.05, 3.63) is 125 Å². The highest BCUT2D eigenvalue weighted by molar-refractivity contribution is 6.30. The van der Waals surface area contributed by atoms with E-state index in [0.29, 0.717) is 28.6 Å². The molecule has 0 bridgehead atoms. The van der Waals surface area contributed by atoms with Crippen LogP contribution in [-0.2, 0) is 6.61 Å². The summed E-state index contributed by atoms with van der Waals surface area (Å²) in [6.45, 7) is 0.489. The lowest BCUT2D eigenvalue weighted by Gasteiger charge is -2.12. The minimum Gasteiger partial charge on any atom is -0.489 e. The van der Waals surface area contributed by atoms with Gasteiger partial charge in [0.15, 0.2) is 0 Å². The van der Waals surface area contributed by atoms with Gasteiger partial charge < -0.3 is 10.1 Å². The maximum Gasteiger partial charge on any atom is 0.256 e. The van der Waals surface area contributed by atoms with Gasteiger partial charge in [0.05, 0.1) is 16.8 Å². The molecule has 1 N–H and O–H groups in total. The number of halogens is 1. The zero-order valence-corrected chi connectivity index (χ0v) is 19.0. The van der Waals surface area contributed by atoms with Crippen molar-refractivity contribution in [3.63, 3.8) is 0 Å². The fourth-order valence-corrected chi connectivity index (χ4v) is 3.83. The molecule has 0 saturated carbocycles. The number of nitrogens with zero attached hydrogens (tertiary/aromatic N) is 1. The molecule has 1 amide bonds. The number of benzene rings is 4. The zero-order valence-electron chi connectivity index (χ0n) is 18.2. The molecule has 0 atom stereocenters. The van der Waals surface area contributed by atoms with E-state index in [0.717, 1.165) is 27.8 Å². The van der Waals surface area contributed by atoms with Crippen LogP contribution < -0.4 is 10.1 Å². The first kappa shape index (κ1) is 21.7. The van der Waals surface area contributed by atoms with Crippen molar-refractivity contribution < 1.29 is 9.53 Å². The van der Waals surface area contributed by atoms with Gasteiger partial charge >= 0.3 is 0 Å². The molecular weight excluding hydrogens is 444 g/mol. The van der Waals surface area contributed by atoms with Crippen LogP contribution in [0.4, 0.5) is 5.69 Å². The minimum atomic E-state index is -0.202. The first-order valence-electron chi connectivity index (χ1n) is 10.9. The third kappa shape index (κ3) is 4.92.